The van der Waals surface area contributed by atoms with Crippen molar-refractivity contribution in [1.82, 2.24) is 0 Å². The Bertz CT molecular complexity index is 889. The molecule has 0 unspecified atom stereocenters. The number of hydrogen-bond acceptors (Lipinski definition) is 6. The predicted octanol–water partition coefficient (Wildman–Crippen LogP) is 9.82. The van der Waals surface area contributed by atoms with Crippen LogP contribution in [0.2, 0.25) is 0 Å². The van der Waals surface area contributed by atoms with Crippen molar-refractivity contribution in [2.45, 2.75) is 170 Å². The molecule has 0 aromatic heterocycles. The van der Waals surface area contributed by atoms with Crippen LogP contribution in [0.25, 0.3) is 0 Å². The summed E-state index contributed by atoms with van der Waals surface area (Å²) in [5, 5.41) is 0. The van der Waals surface area contributed by atoms with Crippen molar-refractivity contribution in [2.24, 2.45) is 10.8 Å². The second-order valence-electron chi connectivity index (χ2n) is 16.2. The van der Waals surface area contributed by atoms with Crippen molar-refractivity contribution in [3.05, 3.63) is 12.1 Å². The van der Waals surface area contributed by atoms with E-state index in [-0.39, 0.29) is 10.8 Å². The fourth-order valence-corrected chi connectivity index (χ4v) is 6.50. The summed E-state index contributed by atoms with van der Waals surface area (Å²) in [4.78, 5) is 0. The predicted molar refractivity (Wildman–Crippen MR) is 203 cm³/mol. The second kappa shape index (κ2) is 23.3. The molecule has 0 amide bonds. The fraction of sp³-hybridized carbons (Fsp3) is 0.850. The molecule has 0 radical (unpaired) electrons. The van der Waals surface area contributed by atoms with Gasteiger partial charge in [-0.25, -0.2) is 0 Å². The molecule has 48 heavy (non-hydrogen) atoms. The molecule has 0 bridgehead atoms. The summed E-state index contributed by atoms with van der Waals surface area (Å²) < 4.78 is 38.2. The summed E-state index contributed by atoms with van der Waals surface area (Å²) in [5.41, 5.74) is 1.77. The van der Waals surface area contributed by atoms with Gasteiger partial charge in [0, 0.05) is 48.2 Å². The van der Waals surface area contributed by atoms with Gasteiger partial charge in [-0.05, 0) is 25.0 Å². The van der Waals surface area contributed by atoms with Crippen molar-refractivity contribution in [2.75, 3.05) is 39.6 Å². The smallest absolute Gasteiger partial charge is 0.494 e. The highest BCUT2D eigenvalue weighted by Gasteiger charge is 2.39. The van der Waals surface area contributed by atoms with E-state index < -0.39 is 14.2 Å². The molecule has 0 N–H and O–H groups in total. The Labute approximate surface area is 296 Å². The highest BCUT2D eigenvalue weighted by molar-refractivity contribution is 6.65. The maximum absolute atomic E-state index is 6.53. The molecular formula is C40H72B2O6. The zero-order valence-corrected chi connectivity index (χ0v) is 32.1. The minimum absolute atomic E-state index is 0.0150. The monoisotopic (exact) mass is 671 g/mol. The van der Waals surface area contributed by atoms with E-state index in [4.69, 9.17) is 28.1 Å². The summed E-state index contributed by atoms with van der Waals surface area (Å²) in [6.07, 6.45) is 26.0. The SMILES string of the molecule is CCCCCCCCCCCCOc1cc(B2OCC(C)(C)CO2)c(OCCCCCCCCCCCC)cc1B1OCC(C)(C)CO1. The van der Waals surface area contributed by atoms with Gasteiger partial charge in [0.05, 0.1) is 13.2 Å². The third-order valence-corrected chi connectivity index (χ3v) is 9.66. The minimum Gasteiger partial charge on any atom is -0.494 e. The molecule has 6 nitrogen and oxygen atoms in total. The van der Waals surface area contributed by atoms with Gasteiger partial charge in [0.1, 0.15) is 11.5 Å². The van der Waals surface area contributed by atoms with E-state index >= 15 is 0 Å². The molecule has 0 spiro atoms. The number of rotatable bonds is 26. The van der Waals surface area contributed by atoms with Crippen molar-refractivity contribution < 1.29 is 28.1 Å². The molecule has 2 heterocycles. The normalized spacial score (nSPS) is 17.5. The average molecular weight is 671 g/mol. The molecule has 1 aromatic rings. The summed E-state index contributed by atoms with van der Waals surface area (Å²) in [5.74, 6) is 1.57. The summed E-state index contributed by atoms with van der Waals surface area (Å²) in [6, 6.07) is 4.16. The van der Waals surface area contributed by atoms with Crippen molar-refractivity contribution in [3.8, 4) is 11.5 Å². The van der Waals surface area contributed by atoms with Gasteiger partial charge in [-0.2, -0.15) is 0 Å². The lowest BCUT2D eigenvalue weighted by Crippen LogP contribution is -2.50. The van der Waals surface area contributed by atoms with E-state index in [0.717, 1.165) is 35.3 Å². The van der Waals surface area contributed by atoms with Gasteiger partial charge in [-0.1, -0.05) is 157 Å². The van der Waals surface area contributed by atoms with Crippen molar-refractivity contribution >= 4 is 25.2 Å². The summed E-state index contributed by atoms with van der Waals surface area (Å²) in [7, 11) is -0.969. The number of benzene rings is 1. The average Bonchev–Trinajstić information content (AvgIpc) is 3.06. The second-order valence-corrected chi connectivity index (χ2v) is 16.2. The highest BCUT2D eigenvalue weighted by atomic mass is 16.6. The molecule has 1 aromatic carbocycles. The van der Waals surface area contributed by atoms with Crippen LogP contribution in [0.4, 0.5) is 0 Å². The van der Waals surface area contributed by atoms with E-state index in [1.54, 1.807) is 0 Å². The lowest BCUT2D eigenvalue weighted by molar-refractivity contribution is 0.0336. The van der Waals surface area contributed by atoms with Crippen LogP contribution in [0, 0.1) is 10.8 Å². The maximum atomic E-state index is 6.53. The van der Waals surface area contributed by atoms with Crippen molar-refractivity contribution in [1.29, 1.82) is 0 Å². The lowest BCUT2D eigenvalue weighted by Gasteiger charge is -2.35. The zero-order valence-electron chi connectivity index (χ0n) is 32.1. The maximum Gasteiger partial charge on any atom is 0.497 e. The zero-order chi connectivity index (χ0) is 34.5. The topological polar surface area (TPSA) is 55.4 Å². The minimum atomic E-state index is -0.485. The Morgan fingerprint density at radius 3 is 1.02 bits per heavy atom. The summed E-state index contributed by atoms with van der Waals surface area (Å²) in [6.45, 7) is 17.1. The summed E-state index contributed by atoms with van der Waals surface area (Å²) >= 11 is 0. The van der Waals surface area contributed by atoms with Crippen LogP contribution in [0.5, 0.6) is 11.5 Å². The van der Waals surface area contributed by atoms with Crippen LogP contribution in [0.15, 0.2) is 12.1 Å². The largest absolute Gasteiger partial charge is 0.497 e. The first-order chi connectivity index (χ1) is 23.2. The van der Waals surface area contributed by atoms with Crippen LogP contribution < -0.4 is 20.4 Å². The molecule has 2 saturated heterocycles. The highest BCUT2D eigenvalue weighted by Crippen LogP contribution is 2.27. The van der Waals surface area contributed by atoms with Crippen molar-refractivity contribution in [3.63, 3.8) is 0 Å². The molecular weight excluding hydrogens is 598 g/mol. The van der Waals surface area contributed by atoms with Gasteiger partial charge >= 0.3 is 14.2 Å². The van der Waals surface area contributed by atoms with Gasteiger partial charge in [0.2, 0.25) is 0 Å². The third-order valence-electron chi connectivity index (χ3n) is 9.66. The van der Waals surface area contributed by atoms with Gasteiger partial charge in [-0.15, -0.1) is 0 Å². The van der Waals surface area contributed by atoms with Gasteiger partial charge < -0.3 is 28.1 Å². The number of hydrogen-bond donors (Lipinski definition) is 0. The van der Waals surface area contributed by atoms with E-state index in [0.29, 0.717) is 39.6 Å². The first kappa shape index (κ1) is 41.2. The van der Waals surface area contributed by atoms with E-state index in [1.165, 1.54) is 116 Å². The molecule has 274 valence electrons. The van der Waals surface area contributed by atoms with Crippen LogP contribution in [-0.4, -0.2) is 53.9 Å². The number of ether oxygens (including phenoxy) is 2. The van der Waals surface area contributed by atoms with Crippen LogP contribution >= 0.6 is 0 Å². The lowest BCUT2D eigenvalue weighted by atomic mass is 9.70. The molecule has 0 aliphatic carbocycles. The third kappa shape index (κ3) is 16.2. The first-order valence-electron chi connectivity index (χ1n) is 20.1. The van der Waals surface area contributed by atoms with E-state index in [9.17, 15) is 0 Å². The van der Waals surface area contributed by atoms with Crippen LogP contribution in [0.3, 0.4) is 0 Å². The van der Waals surface area contributed by atoms with Gasteiger partial charge in [-0.3, -0.25) is 0 Å². The Morgan fingerprint density at radius 2 is 0.729 bits per heavy atom. The molecule has 0 atom stereocenters. The van der Waals surface area contributed by atoms with E-state index in [2.05, 4.69) is 53.7 Å². The van der Waals surface area contributed by atoms with Crippen LogP contribution in [0.1, 0.15) is 170 Å². The van der Waals surface area contributed by atoms with E-state index in [1.807, 2.05) is 0 Å². The number of unbranched alkanes of at least 4 members (excludes halogenated alkanes) is 18. The fourth-order valence-electron chi connectivity index (χ4n) is 6.50. The standard InChI is InChI=1S/C40H72B2O6/c1-7-9-11-13-15-17-19-21-23-25-27-43-37-29-36(42-47-33-40(5,6)34-48-42)38(30-35(37)41-45-31-39(3,4)32-46-41)44-28-26-24-22-20-18-16-14-12-10-8-2/h29-30H,7-28,31-34H2,1-6H3. The molecule has 0 saturated carbocycles. The molecule has 2 fully saturated rings. The first-order valence-corrected chi connectivity index (χ1v) is 20.1. The van der Waals surface area contributed by atoms with Gasteiger partial charge in [0.15, 0.2) is 0 Å². The molecule has 3 rings (SSSR count). The Balaban J connectivity index is 1.61. The molecule has 2 aliphatic heterocycles. The Hall–Kier alpha value is -1.21. The quantitative estimate of drug-likeness (QED) is 0.0723. The molecule has 8 heteroatoms. The molecule has 2 aliphatic rings. The van der Waals surface area contributed by atoms with Gasteiger partial charge in [0.25, 0.3) is 0 Å². The van der Waals surface area contributed by atoms with Crippen LogP contribution in [-0.2, 0) is 18.6 Å². The Kier molecular flexibility index (Phi) is 20.0. The Morgan fingerprint density at radius 1 is 0.458 bits per heavy atom.